The Morgan fingerprint density at radius 1 is 1.04 bits per heavy atom. The lowest BCUT2D eigenvalue weighted by atomic mass is 10.1. The number of benzene rings is 1. The van der Waals surface area contributed by atoms with Crippen molar-refractivity contribution in [2.75, 3.05) is 12.4 Å². The highest BCUT2D eigenvalue weighted by molar-refractivity contribution is 5.73. The van der Waals surface area contributed by atoms with E-state index in [0.717, 1.165) is 17.5 Å². The maximum atomic E-state index is 10.8. The third kappa shape index (κ3) is 6.60. The molecule has 1 N–H and O–H groups in total. The Morgan fingerprint density at radius 3 is 2.21 bits per heavy atom. The molecule has 0 saturated heterocycles. The van der Waals surface area contributed by atoms with Crippen LogP contribution < -0.4 is 5.32 Å². The normalized spacial score (nSPS) is 9.14. The standard InChI is InChI=1S/C12H11N3O2.C7H7NO.C2H6/c1-13-12-11(15(16)17)8-7-10(14-12)9-5-3-2-4-6-9;1-6-2-3-7(5-9)4-8-6;1-2/h2-8H,1H3,(H,13,14);2-5H,1H3;1-2H3. The molecule has 146 valence electrons. The average Bonchev–Trinajstić information content (AvgIpc) is 2.76. The zero-order chi connectivity index (χ0) is 20.9. The van der Waals surface area contributed by atoms with Crippen molar-refractivity contribution >= 4 is 17.8 Å². The predicted octanol–water partition coefficient (Wildman–Crippen LogP) is 4.93. The van der Waals surface area contributed by atoms with Crippen molar-refractivity contribution in [2.24, 2.45) is 0 Å². The summed E-state index contributed by atoms with van der Waals surface area (Å²) in [4.78, 5) is 28.5. The molecule has 0 atom stereocenters. The second-order valence-electron chi connectivity index (χ2n) is 5.29. The summed E-state index contributed by atoms with van der Waals surface area (Å²) < 4.78 is 0. The van der Waals surface area contributed by atoms with E-state index in [0.29, 0.717) is 11.3 Å². The summed E-state index contributed by atoms with van der Waals surface area (Å²) in [5.41, 5.74) is 3.17. The first-order valence-corrected chi connectivity index (χ1v) is 8.81. The third-order valence-electron chi connectivity index (χ3n) is 3.45. The van der Waals surface area contributed by atoms with Crippen molar-refractivity contribution in [3.05, 3.63) is 82.2 Å². The number of aldehydes is 1. The molecule has 3 rings (SSSR count). The molecule has 2 aromatic heterocycles. The minimum absolute atomic E-state index is 0.0211. The Labute approximate surface area is 164 Å². The topological polar surface area (TPSA) is 98.0 Å². The van der Waals surface area contributed by atoms with Crippen LogP contribution in [-0.4, -0.2) is 28.2 Å². The first-order chi connectivity index (χ1) is 13.5. The number of rotatable bonds is 4. The summed E-state index contributed by atoms with van der Waals surface area (Å²) in [6.45, 7) is 5.88. The van der Waals surface area contributed by atoms with Crippen LogP contribution in [0.5, 0.6) is 0 Å². The summed E-state index contributed by atoms with van der Waals surface area (Å²) in [5.74, 6) is 0.274. The van der Waals surface area contributed by atoms with Crippen LogP contribution in [0, 0.1) is 17.0 Å². The van der Waals surface area contributed by atoms with Crippen LogP contribution >= 0.6 is 0 Å². The van der Waals surface area contributed by atoms with Crippen LogP contribution in [0.25, 0.3) is 11.3 Å². The van der Waals surface area contributed by atoms with E-state index in [1.165, 1.54) is 6.07 Å². The van der Waals surface area contributed by atoms with E-state index >= 15 is 0 Å². The highest BCUT2D eigenvalue weighted by Crippen LogP contribution is 2.26. The summed E-state index contributed by atoms with van der Waals surface area (Å²) >= 11 is 0. The van der Waals surface area contributed by atoms with E-state index in [1.807, 2.05) is 57.2 Å². The molecule has 0 spiro atoms. The minimum Gasteiger partial charge on any atom is -0.367 e. The molecule has 0 fully saturated rings. The number of aryl methyl sites for hydroxylation is 1. The van der Waals surface area contributed by atoms with E-state index in [1.54, 1.807) is 25.4 Å². The van der Waals surface area contributed by atoms with Crippen LogP contribution in [0.2, 0.25) is 0 Å². The summed E-state index contributed by atoms with van der Waals surface area (Å²) in [6.07, 6.45) is 2.34. The number of nitrogens with one attached hydrogen (secondary N) is 1. The van der Waals surface area contributed by atoms with Gasteiger partial charge in [0.1, 0.15) is 0 Å². The zero-order valence-corrected chi connectivity index (χ0v) is 16.4. The number of pyridine rings is 2. The fourth-order valence-corrected chi connectivity index (χ4v) is 2.10. The molecule has 0 unspecified atom stereocenters. The molecular weight excluding hydrogens is 356 g/mol. The van der Waals surface area contributed by atoms with Crippen LogP contribution in [-0.2, 0) is 0 Å². The second-order valence-corrected chi connectivity index (χ2v) is 5.29. The Kier molecular flexibility index (Phi) is 9.53. The molecule has 0 aliphatic rings. The number of hydrogen-bond acceptors (Lipinski definition) is 6. The molecular formula is C21H24N4O3. The molecule has 0 aliphatic heterocycles. The van der Waals surface area contributed by atoms with Gasteiger partial charge in [0, 0.05) is 36.1 Å². The van der Waals surface area contributed by atoms with E-state index in [9.17, 15) is 14.9 Å². The van der Waals surface area contributed by atoms with Crippen LogP contribution in [0.4, 0.5) is 11.5 Å². The third-order valence-corrected chi connectivity index (χ3v) is 3.45. The van der Waals surface area contributed by atoms with Crippen LogP contribution in [0.15, 0.2) is 60.8 Å². The van der Waals surface area contributed by atoms with Crippen molar-refractivity contribution in [3.63, 3.8) is 0 Å². The largest absolute Gasteiger partial charge is 0.367 e. The smallest absolute Gasteiger partial charge is 0.311 e. The van der Waals surface area contributed by atoms with Gasteiger partial charge in [0.05, 0.1) is 10.6 Å². The highest BCUT2D eigenvalue weighted by atomic mass is 16.6. The quantitative estimate of drug-likeness (QED) is 0.391. The van der Waals surface area contributed by atoms with E-state index < -0.39 is 4.92 Å². The number of hydrogen-bond donors (Lipinski definition) is 1. The molecule has 2 heterocycles. The van der Waals surface area contributed by atoms with Crippen molar-refractivity contribution in [1.29, 1.82) is 0 Å². The van der Waals surface area contributed by atoms with Crippen molar-refractivity contribution < 1.29 is 9.72 Å². The summed E-state index contributed by atoms with van der Waals surface area (Å²) in [5, 5.41) is 13.5. The fraction of sp³-hybridized carbons (Fsp3) is 0.190. The van der Waals surface area contributed by atoms with Gasteiger partial charge >= 0.3 is 5.69 Å². The lowest BCUT2D eigenvalue weighted by molar-refractivity contribution is -0.384. The second kappa shape index (κ2) is 11.9. The van der Waals surface area contributed by atoms with Gasteiger partial charge in [-0.2, -0.15) is 0 Å². The van der Waals surface area contributed by atoms with Crippen molar-refractivity contribution in [1.82, 2.24) is 9.97 Å². The predicted molar refractivity (Wildman–Crippen MR) is 112 cm³/mol. The number of nitrogens with zero attached hydrogens (tertiary/aromatic N) is 3. The van der Waals surface area contributed by atoms with Gasteiger partial charge < -0.3 is 5.32 Å². The van der Waals surface area contributed by atoms with Gasteiger partial charge in [-0.25, -0.2) is 4.98 Å². The number of anilines is 1. The van der Waals surface area contributed by atoms with Gasteiger partial charge in [-0.3, -0.25) is 19.9 Å². The van der Waals surface area contributed by atoms with Gasteiger partial charge in [0.15, 0.2) is 6.29 Å². The van der Waals surface area contributed by atoms with Gasteiger partial charge in [0.25, 0.3) is 0 Å². The van der Waals surface area contributed by atoms with Gasteiger partial charge in [-0.05, 0) is 25.1 Å². The lowest BCUT2D eigenvalue weighted by Crippen LogP contribution is -2.00. The van der Waals surface area contributed by atoms with Crippen molar-refractivity contribution in [3.8, 4) is 11.3 Å². The Morgan fingerprint density at radius 2 is 1.71 bits per heavy atom. The van der Waals surface area contributed by atoms with E-state index in [-0.39, 0.29) is 11.5 Å². The number of carbonyl (C=O) groups is 1. The monoisotopic (exact) mass is 380 g/mol. The zero-order valence-electron chi connectivity index (χ0n) is 16.4. The molecule has 0 radical (unpaired) electrons. The molecule has 7 heteroatoms. The van der Waals surface area contributed by atoms with Crippen molar-refractivity contribution in [2.45, 2.75) is 20.8 Å². The molecule has 0 saturated carbocycles. The maximum absolute atomic E-state index is 10.8. The van der Waals surface area contributed by atoms with Crippen LogP contribution in [0.3, 0.4) is 0 Å². The van der Waals surface area contributed by atoms with Crippen LogP contribution in [0.1, 0.15) is 29.9 Å². The number of aromatic nitrogens is 2. The molecule has 1 aromatic carbocycles. The Hall–Kier alpha value is -3.61. The average molecular weight is 380 g/mol. The number of carbonyl (C=O) groups excluding carboxylic acids is 1. The lowest BCUT2D eigenvalue weighted by Gasteiger charge is -2.04. The van der Waals surface area contributed by atoms with Gasteiger partial charge in [-0.1, -0.05) is 44.2 Å². The Balaban J connectivity index is 0.000000301. The number of nitro groups is 1. The SMILES string of the molecule is CC.CNc1nc(-c2ccccc2)ccc1[N+](=O)[O-].Cc1ccc(C=O)cn1. The summed E-state index contributed by atoms with van der Waals surface area (Å²) in [7, 11) is 1.62. The highest BCUT2D eigenvalue weighted by Gasteiger charge is 2.14. The van der Waals surface area contributed by atoms with E-state index in [4.69, 9.17) is 0 Å². The Bertz CT molecular complexity index is 882. The van der Waals surface area contributed by atoms with Gasteiger partial charge in [-0.15, -0.1) is 0 Å². The summed E-state index contributed by atoms with van der Waals surface area (Å²) in [6, 6.07) is 16.2. The first-order valence-electron chi connectivity index (χ1n) is 8.81. The molecule has 3 aromatic rings. The van der Waals surface area contributed by atoms with Gasteiger partial charge in [0.2, 0.25) is 5.82 Å². The van der Waals surface area contributed by atoms with E-state index in [2.05, 4.69) is 15.3 Å². The molecule has 0 bridgehead atoms. The molecule has 7 nitrogen and oxygen atoms in total. The minimum atomic E-state index is -0.451. The first kappa shape index (κ1) is 22.4. The fourth-order valence-electron chi connectivity index (χ4n) is 2.10. The molecule has 28 heavy (non-hydrogen) atoms. The maximum Gasteiger partial charge on any atom is 0.311 e. The molecule has 0 aliphatic carbocycles. The molecule has 0 amide bonds.